The molecule has 230 valence electrons. The number of rotatable bonds is 11. The number of hydrogen-bond acceptors (Lipinski definition) is 9. The lowest BCUT2D eigenvalue weighted by Gasteiger charge is -2.32. The topological polar surface area (TPSA) is 149 Å². The lowest BCUT2D eigenvalue weighted by molar-refractivity contribution is -0.183. The summed E-state index contributed by atoms with van der Waals surface area (Å²) in [7, 11) is 1.34. The summed E-state index contributed by atoms with van der Waals surface area (Å²) < 4.78 is 84.6. The Morgan fingerprint density at radius 3 is 2.50 bits per heavy atom. The van der Waals surface area contributed by atoms with Gasteiger partial charge in [0, 0.05) is 19.6 Å². The maximum Gasteiger partial charge on any atom is 0.410 e. The number of methoxy groups -OCH3 is 1. The number of fused-ring (bicyclic) bond motifs is 1. The van der Waals surface area contributed by atoms with Crippen LogP contribution in [0.15, 0.2) is 23.1 Å². The van der Waals surface area contributed by atoms with Crippen molar-refractivity contribution in [3.63, 3.8) is 0 Å². The first-order valence-corrected chi connectivity index (χ1v) is 12.6. The molecule has 3 atom stereocenters. The number of hydrogen-bond donors (Lipinski definition) is 2. The van der Waals surface area contributed by atoms with E-state index >= 15 is 0 Å². The van der Waals surface area contributed by atoms with Crippen LogP contribution in [0, 0.1) is 6.92 Å². The van der Waals surface area contributed by atoms with E-state index in [1.807, 2.05) is 5.32 Å². The highest BCUT2D eigenvalue weighted by Crippen LogP contribution is 2.33. The molecule has 0 bridgehead atoms. The minimum atomic E-state index is -4.64. The van der Waals surface area contributed by atoms with Crippen LogP contribution >= 0.6 is 0 Å². The van der Waals surface area contributed by atoms with E-state index in [0.29, 0.717) is 12.5 Å². The molecule has 0 spiro atoms. The number of halogens is 5. The van der Waals surface area contributed by atoms with Gasteiger partial charge in [-0.2, -0.15) is 18.3 Å². The monoisotopic (exact) mass is 604 g/mol. The first-order valence-electron chi connectivity index (χ1n) is 12.6. The number of imidazole rings is 1. The second-order valence-corrected chi connectivity index (χ2v) is 10.4. The van der Waals surface area contributed by atoms with Crippen LogP contribution in [0.1, 0.15) is 60.3 Å². The Morgan fingerprint density at radius 1 is 1.21 bits per heavy atom. The minimum absolute atomic E-state index is 0.132. The third kappa shape index (κ3) is 6.43. The van der Waals surface area contributed by atoms with Gasteiger partial charge in [0.25, 0.3) is 11.8 Å². The summed E-state index contributed by atoms with van der Waals surface area (Å²) in [5.74, 6) is -3.96. The van der Waals surface area contributed by atoms with Crippen molar-refractivity contribution in [1.82, 2.24) is 40.4 Å². The van der Waals surface area contributed by atoms with Gasteiger partial charge in [0.05, 0.1) is 49.9 Å². The van der Waals surface area contributed by atoms with Gasteiger partial charge in [0.1, 0.15) is 17.3 Å². The molecule has 2 N–H and O–H groups in total. The average molecular weight is 605 g/mol. The van der Waals surface area contributed by atoms with Crippen molar-refractivity contribution in [2.24, 2.45) is 0 Å². The van der Waals surface area contributed by atoms with E-state index in [0.717, 1.165) is 4.90 Å². The Hall–Kier alpha value is -3.93. The molecular formula is C24H29F5N8O5. The highest BCUT2D eigenvalue weighted by Gasteiger charge is 2.49. The Kier molecular flexibility index (Phi) is 8.41. The smallest absolute Gasteiger partial charge is 0.382 e. The molecule has 1 fully saturated rings. The van der Waals surface area contributed by atoms with Crippen molar-refractivity contribution < 1.29 is 45.6 Å². The molecule has 0 unspecified atom stereocenters. The molecule has 4 rings (SSSR count). The fourth-order valence-corrected chi connectivity index (χ4v) is 4.08. The van der Waals surface area contributed by atoms with Crippen LogP contribution < -0.4 is 10.6 Å². The van der Waals surface area contributed by atoms with Crippen LogP contribution in [0.3, 0.4) is 0 Å². The number of aryl methyl sites for hydroxylation is 1. The zero-order chi connectivity index (χ0) is 31.0. The Morgan fingerprint density at radius 2 is 1.93 bits per heavy atom. The fourth-order valence-electron chi connectivity index (χ4n) is 4.08. The number of nitrogens with one attached hydrogen (secondary N) is 2. The van der Waals surface area contributed by atoms with Gasteiger partial charge in [-0.25, -0.2) is 27.7 Å². The summed E-state index contributed by atoms with van der Waals surface area (Å²) in [5.41, 5.74) is -1.17. The van der Waals surface area contributed by atoms with Crippen molar-refractivity contribution >= 4 is 17.6 Å². The molecule has 3 aromatic rings. The largest absolute Gasteiger partial charge is 0.410 e. The second kappa shape index (κ2) is 11.4. The molecular weight excluding hydrogens is 575 g/mol. The molecule has 42 heavy (non-hydrogen) atoms. The van der Waals surface area contributed by atoms with Gasteiger partial charge in [-0.3, -0.25) is 4.79 Å². The van der Waals surface area contributed by atoms with E-state index in [1.54, 1.807) is 0 Å². The summed E-state index contributed by atoms with van der Waals surface area (Å²) in [6.45, 7) is 3.38. The van der Waals surface area contributed by atoms with Crippen LogP contribution in [-0.4, -0.2) is 92.4 Å². The molecule has 1 aliphatic heterocycles. The van der Waals surface area contributed by atoms with Gasteiger partial charge in [0.2, 0.25) is 0 Å². The predicted molar refractivity (Wildman–Crippen MR) is 133 cm³/mol. The molecule has 4 heterocycles. The lowest BCUT2D eigenvalue weighted by atomic mass is 10.0. The zero-order valence-corrected chi connectivity index (χ0v) is 23.2. The van der Waals surface area contributed by atoms with Crippen molar-refractivity contribution in [3.8, 4) is 0 Å². The molecule has 3 amide bonds. The fraction of sp³-hybridized carbons (Fsp3) is 0.583. The molecule has 3 aromatic heterocycles. The minimum Gasteiger partial charge on any atom is -0.382 e. The summed E-state index contributed by atoms with van der Waals surface area (Å²) >= 11 is 0. The summed E-state index contributed by atoms with van der Waals surface area (Å²) in [4.78, 5) is 30.7. The summed E-state index contributed by atoms with van der Waals surface area (Å²) in [5, 5.41) is 15.9. The normalized spacial score (nSPS) is 17.9. The first-order chi connectivity index (χ1) is 19.5. The van der Waals surface area contributed by atoms with Crippen molar-refractivity contribution in [1.29, 1.82) is 0 Å². The van der Waals surface area contributed by atoms with Gasteiger partial charge in [-0.1, -0.05) is 5.16 Å². The van der Waals surface area contributed by atoms with E-state index in [4.69, 9.17) is 9.47 Å². The Bertz CT molecular complexity index is 1440. The molecule has 0 aliphatic carbocycles. The number of nitrogens with zero attached hydrogens (tertiary/aromatic N) is 6. The quantitative estimate of drug-likeness (QED) is 0.315. The molecule has 0 radical (unpaired) electrons. The highest BCUT2D eigenvalue weighted by molar-refractivity contribution is 5.93. The third-order valence-corrected chi connectivity index (χ3v) is 6.98. The Labute approximate surface area is 235 Å². The number of aromatic nitrogens is 5. The van der Waals surface area contributed by atoms with E-state index in [9.17, 15) is 31.5 Å². The molecule has 1 aliphatic rings. The van der Waals surface area contributed by atoms with Gasteiger partial charge < -0.3 is 25.0 Å². The first kappa shape index (κ1) is 31.0. The maximum absolute atomic E-state index is 14.1. The molecule has 13 nitrogen and oxygen atoms in total. The second-order valence-electron chi connectivity index (χ2n) is 10.4. The molecule has 18 heteroatoms. The van der Waals surface area contributed by atoms with Crippen LogP contribution in [0.5, 0.6) is 0 Å². The highest BCUT2D eigenvalue weighted by atomic mass is 19.4. The van der Waals surface area contributed by atoms with Crippen LogP contribution in [0.4, 0.5) is 26.7 Å². The van der Waals surface area contributed by atoms with E-state index in [2.05, 4.69) is 30.3 Å². The Balaban J connectivity index is 1.65. The number of ether oxygens (including phenoxy) is 2. The summed E-state index contributed by atoms with van der Waals surface area (Å²) in [6.07, 6.45) is -1.88. The standard InChI is InChI=1S/C24H29F5N8O5/c1-12-19(35-42-34-12)20(38)32-15(10-41-22(2,3)23(4,25)26)14-8-37-18(31-14)6-13(7-30-37)16(11-40-5)36-9-17(24(27,28)29)33-21(36)39/h6-8,15-17H,9-11H2,1-5H3,(H,32,38)(H,33,39)/t15-,16+,17-/m0/s1. The van der Waals surface area contributed by atoms with E-state index in [1.165, 1.54) is 50.9 Å². The van der Waals surface area contributed by atoms with Gasteiger partial charge in [-0.05, 0) is 32.0 Å². The van der Waals surface area contributed by atoms with Crippen molar-refractivity contribution in [2.45, 2.75) is 63.5 Å². The van der Waals surface area contributed by atoms with E-state index in [-0.39, 0.29) is 29.3 Å². The molecule has 0 aromatic carbocycles. The average Bonchev–Trinajstić information content (AvgIpc) is 3.61. The number of carbonyl (C=O) groups is 2. The number of carbonyl (C=O) groups excluding carboxylic acids is 2. The van der Waals surface area contributed by atoms with E-state index < -0.39 is 60.9 Å². The number of alkyl halides is 5. The molecule has 0 saturated carbocycles. The van der Waals surface area contributed by atoms with Crippen LogP contribution in [-0.2, 0) is 9.47 Å². The SMILES string of the molecule is COC[C@H](c1cnn2cc([C@H](COC(C)(C)C(C)(F)F)NC(=O)c3nonc3C)nc2c1)N1C[C@@H](C(F)(F)F)NC1=O. The zero-order valence-electron chi connectivity index (χ0n) is 23.2. The van der Waals surface area contributed by atoms with Gasteiger partial charge in [0.15, 0.2) is 11.3 Å². The van der Waals surface area contributed by atoms with Gasteiger partial charge >= 0.3 is 12.2 Å². The third-order valence-electron chi connectivity index (χ3n) is 6.98. The summed E-state index contributed by atoms with van der Waals surface area (Å²) in [6, 6.07) is -3.49. The number of urea groups is 1. The number of amides is 3. The van der Waals surface area contributed by atoms with Crippen LogP contribution in [0.25, 0.3) is 5.65 Å². The predicted octanol–water partition coefficient (Wildman–Crippen LogP) is 2.99. The molecule has 1 saturated heterocycles. The lowest BCUT2D eigenvalue weighted by Crippen LogP contribution is -2.45. The van der Waals surface area contributed by atoms with Crippen molar-refractivity contribution in [3.05, 3.63) is 41.1 Å². The maximum atomic E-state index is 14.1. The van der Waals surface area contributed by atoms with Gasteiger partial charge in [-0.15, -0.1) is 0 Å². The van der Waals surface area contributed by atoms with Crippen LogP contribution in [0.2, 0.25) is 0 Å². The van der Waals surface area contributed by atoms with Crippen molar-refractivity contribution in [2.75, 3.05) is 26.9 Å².